The molecule has 1 amide bonds. The number of nitrogens with one attached hydrogen (secondary N) is 2. The fourth-order valence-electron chi connectivity index (χ4n) is 2.46. The average Bonchev–Trinajstić information content (AvgIpc) is 2.38. The second-order valence-electron chi connectivity index (χ2n) is 6.33. The Morgan fingerprint density at radius 1 is 1.42 bits per heavy atom. The smallest absolute Gasteiger partial charge is 0.234 e. The Morgan fingerprint density at radius 3 is 2.68 bits per heavy atom. The molecule has 1 heterocycles. The van der Waals surface area contributed by atoms with Crippen LogP contribution >= 0.6 is 0 Å². The summed E-state index contributed by atoms with van der Waals surface area (Å²) >= 11 is 0. The summed E-state index contributed by atoms with van der Waals surface area (Å²) in [5.41, 5.74) is -0.0944. The van der Waals surface area contributed by atoms with E-state index < -0.39 is 0 Å². The molecule has 0 aromatic rings. The highest BCUT2D eigenvalue weighted by Gasteiger charge is 2.21. The zero-order valence-corrected chi connectivity index (χ0v) is 13.1. The summed E-state index contributed by atoms with van der Waals surface area (Å²) in [6.07, 6.45) is 3.50. The van der Waals surface area contributed by atoms with Crippen LogP contribution in [0.2, 0.25) is 0 Å². The predicted molar refractivity (Wildman–Crippen MR) is 80.2 cm³/mol. The molecule has 1 fully saturated rings. The normalized spacial score (nSPS) is 20.6. The molecule has 1 aliphatic rings. The van der Waals surface area contributed by atoms with Crippen molar-refractivity contribution in [2.45, 2.75) is 52.5 Å². The molecular formula is C15H31N3O. The third-order valence-corrected chi connectivity index (χ3v) is 4.09. The summed E-state index contributed by atoms with van der Waals surface area (Å²) in [6.45, 7) is 13.1. The van der Waals surface area contributed by atoms with Gasteiger partial charge < -0.3 is 10.6 Å². The summed E-state index contributed by atoms with van der Waals surface area (Å²) in [5, 5.41) is 6.55. The number of likely N-dealkylation sites (N-methyl/N-ethyl adjacent to an activating group) is 1. The van der Waals surface area contributed by atoms with Crippen molar-refractivity contribution in [1.82, 2.24) is 15.5 Å². The summed E-state index contributed by atoms with van der Waals surface area (Å²) in [7, 11) is 0. The number of rotatable bonds is 7. The molecule has 0 aliphatic carbocycles. The van der Waals surface area contributed by atoms with Crippen LogP contribution in [0.5, 0.6) is 0 Å². The van der Waals surface area contributed by atoms with Crippen LogP contribution in [0.15, 0.2) is 0 Å². The number of nitrogens with zero attached hydrogens (tertiary/aromatic N) is 1. The molecule has 0 bridgehead atoms. The van der Waals surface area contributed by atoms with E-state index in [0.29, 0.717) is 12.5 Å². The predicted octanol–water partition coefficient (Wildman–Crippen LogP) is 1.61. The highest BCUT2D eigenvalue weighted by atomic mass is 16.2. The Kier molecular flexibility index (Phi) is 6.80. The first-order valence-corrected chi connectivity index (χ1v) is 7.71. The Hall–Kier alpha value is -0.610. The molecule has 4 heteroatoms. The number of hydrogen-bond acceptors (Lipinski definition) is 3. The van der Waals surface area contributed by atoms with Gasteiger partial charge in [-0.25, -0.2) is 0 Å². The van der Waals surface area contributed by atoms with Crippen molar-refractivity contribution in [3.05, 3.63) is 0 Å². The van der Waals surface area contributed by atoms with Gasteiger partial charge in [-0.2, -0.15) is 0 Å². The van der Waals surface area contributed by atoms with Gasteiger partial charge in [-0.3, -0.25) is 9.69 Å². The van der Waals surface area contributed by atoms with Gasteiger partial charge in [0, 0.05) is 12.1 Å². The van der Waals surface area contributed by atoms with E-state index in [4.69, 9.17) is 0 Å². The first-order chi connectivity index (χ1) is 8.96. The van der Waals surface area contributed by atoms with Gasteiger partial charge >= 0.3 is 0 Å². The van der Waals surface area contributed by atoms with Gasteiger partial charge in [0.05, 0.1) is 6.54 Å². The van der Waals surface area contributed by atoms with Crippen molar-refractivity contribution >= 4 is 5.91 Å². The lowest BCUT2D eigenvalue weighted by molar-refractivity contribution is -0.124. The minimum Gasteiger partial charge on any atom is -0.350 e. The first-order valence-electron chi connectivity index (χ1n) is 7.71. The van der Waals surface area contributed by atoms with Crippen molar-refractivity contribution in [3.8, 4) is 0 Å². The third kappa shape index (κ3) is 6.39. The number of hydrogen-bond donors (Lipinski definition) is 2. The van der Waals surface area contributed by atoms with Gasteiger partial charge in [-0.05, 0) is 58.7 Å². The molecule has 1 saturated heterocycles. The zero-order valence-electron chi connectivity index (χ0n) is 13.1. The Bertz CT molecular complexity index is 273. The van der Waals surface area contributed by atoms with Crippen LogP contribution in [0, 0.1) is 5.92 Å². The maximum Gasteiger partial charge on any atom is 0.234 e. The van der Waals surface area contributed by atoms with Gasteiger partial charge in [-0.15, -0.1) is 0 Å². The molecule has 19 heavy (non-hydrogen) atoms. The van der Waals surface area contributed by atoms with Crippen LogP contribution in [0.1, 0.15) is 47.0 Å². The molecule has 0 saturated carbocycles. The largest absolute Gasteiger partial charge is 0.350 e. The molecule has 1 atom stereocenters. The fraction of sp³-hybridized carbons (Fsp3) is 0.933. The first kappa shape index (κ1) is 16.4. The molecule has 1 unspecified atom stereocenters. The summed E-state index contributed by atoms with van der Waals surface area (Å²) in [4.78, 5) is 14.3. The van der Waals surface area contributed by atoms with E-state index in [1.807, 2.05) is 0 Å². The maximum atomic E-state index is 12.1. The van der Waals surface area contributed by atoms with E-state index in [9.17, 15) is 4.79 Å². The molecule has 112 valence electrons. The van der Waals surface area contributed by atoms with E-state index in [1.165, 1.54) is 12.8 Å². The highest BCUT2D eigenvalue weighted by Crippen LogP contribution is 2.12. The number of carbonyl (C=O) groups is 1. The summed E-state index contributed by atoms with van der Waals surface area (Å²) in [5.74, 6) is 0.846. The summed E-state index contributed by atoms with van der Waals surface area (Å²) < 4.78 is 0. The van der Waals surface area contributed by atoms with Crippen molar-refractivity contribution < 1.29 is 4.79 Å². The lowest BCUT2D eigenvalue weighted by atomic mass is 9.99. The maximum absolute atomic E-state index is 12.1. The molecular weight excluding hydrogens is 238 g/mol. The monoisotopic (exact) mass is 269 g/mol. The van der Waals surface area contributed by atoms with E-state index in [0.717, 1.165) is 32.6 Å². The topological polar surface area (TPSA) is 44.4 Å². The molecule has 0 radical (unpaired) electrons. The van der Waals surface area contributed by atoms with Crippen molar-refractivity contribution in [1.29, 1.82) is 0 Å². The lowest BCUT2D eigenvalue weighted by Crippen LogP contribution is -2.48. The van der Waals surface area contributed by atoms with Gasteiger partial charge in [0.1, 0.15) is 0 Å². The van der Waals surface area contributed by atoms with Crippen LogP contribution in [-0.2, 0) is 4.79 Å². The number of carbonyl (C=O) groups excluding carboxylic acids is 1. The Morgan fingerprint density at radius 2 is 2.16 bits per heavy atom. The Labute approximate surface area is 118 Å². The average molecular weight is 269 g/mol. The number of amides is 1. The standard InChI is InChI=1S/C15H31N3O/c1-5-15(3,4)17-14(19)12-18(6-2)11-13-8-7-9-16-10-13/h13,16H,5-12H2,1-4H3,(H,17,19). The van der Waals surface area contributed by atoms with E-state index in [-0.39, 0.29) is 11.4 Å². The van der Waals surface area contributed by atoms with Crippen LogP contribution in [0.25, 0.3) is 0 Å². The SMILES string of the molecule is CCN(CC(=O)NC(C)(C)CC)CC1CCCNC1. The number of piperidine rings is 1. The van der Waals surface area contributed by atoms with Crippen LogP contribution < -0.4 is 10.6 Å². The van der Waals surface area contributed by atoms with Crippen molar-refractivity contribution in [3.63, 3.8) is 0 Å². The molecule has 2 N–H and O–H groups in total. The molecule has 4 nitrogen and oxygen atoms in total. The minimum absolute atomic E-state index is 0.0944. The lowest BCUT2D eigenvalue weighted by Gasteiger charge is -2.30. The molecule has 0 spiro atoms. The second kappa shape index (κ2) is 7.85. The fourth-order valence-corrected chi connectivity index (χ4v) is 2.46. The van der Waals surface area contributed by atoms with Crippen LogP contribution in [-0.4, -0.2) is 49.1 Å². The summed E-state index contributed by atoms with van der Waals surface area (Å²) in [6, 6.07) is 0. The zero-order chi connectivity index (χ0) is 14.3. The van der Waals surface area contributed by atoms with Crippen molar-refractivity contribution in [2.75, 3.05) is 32.7 Å². The molecule has 0 aromatic heterocycles. The molecule has 1 rings (SSSR count). The quantitative estimate of drug-likeness (QED) is 0.738. The van der Waals surface area contributed by atoms with Gasteiger partial charge in [-0.1, -0.05) is 13.8 Å². The highest BCUT2D eigenvalue weighted by molar-refractivity contribution is 5.78. The second-order valence-corrected chi connectivity index (χ2v) is 6.33. The minimum atomic E-state index is -0.0944. The van der Waals surface area contributed by atoms with E-state index >= 15 is 0 Å². The van der Waals surface area contributed by atoms with Gasteiger partial charge in [0.25, 0.3) is 0 Å². The van der Waals surface area contributed by atoms with Gasteiger partial charge in [0.15, 0.2) is 0 Å². The molecule has 1 aliphatic heterocycles. The van der Waals surface area contributed by atoms with Crippen LogP contribution in [0.3, 0.4) is 0 Å². The van der Waals surface area contributed by atoms with Gasteiger partial charge in [0.2, 0.25) is 5.91 Å². The van der Waals surface area contributed by atoms with Crippen molar-refractivity contribution in [2.24, 2.45) is 5.92 Å². The Balaban J connectivity index is 2.36. The van der Waals surface area contributed by atoms with Crippen LogP contribution in [0.4, 0.5) is 0 Å². The molecule has 0 aromatic carbocycles. The third-order valence-electron chi connectivity index (χ3n) is 4.09. The van der Waals surface area contributed by atoms with E-state index in [2.05, 4.69) is 43.2 Å². The van der Waals surface area contributed by atoms with E-state index in [1.54, 1.807) is 0 Å².